The SMILES string of the molecule is COc1cc(/C(O)=C2/C(=O)C(=O)N(Cc3ccccc3OC)C2c2ccc(OC(C)C)cc2)ccc1Cl. The highest BCUT2D eigenvalue weighted by atomic mass is 35.5. The van der Waals surface area contributed by atoms with E-state index in [4.69, 9.17) is 25.8 Å². The minimum atomic E-state index is -0.848. The molecule has 0 bridgehead atoms. The first-order valence-corrected chi connectivity index (χ1v) is 12.1. The van der Waals surface area contributed by atoms with Crippen LogP contribution in [0.25, 0.3) is 5.76 Å². The highest BCUT2D eigenvalue weighted by molar-refractivity contribution is 6.46. The fraction of sp³-hybridized carbons (Fsp3) is 0.241. The third kappa shape index (κ3) is 5.27. The van der Waals surface area contributed by atoms with Crippen LogP contribution >= 0.6 is 11.6 Å². The van der Waals surface area contributed by atoms with Crippen LogP contribution in [0, 0.1) is 0 Å². The summed E-state index contributed by atoms with van der Waals surface area (Å²) < 4.78 is 16.5. The molecule has 0 spiro atoms. The van der Waals surface area contributed by atoms with Gasteiger partial charge in [-0.3, -0.25) is 9.59 Å². The maximum Gasteiger partial charge on any atom is 0.295 e. The first-order valence-electron chi connectivity index (χ1n) is 11.8. The lowest BCUT2D eigenvalue weighted by molar-refractivity contribution is -0.140. The van der Waals surface area contributed by atoms with Crippen molar-refractivity contribution >= 4 is 29.1 Å². The molecule has 1 fully saturated rings. The molecule has 1 heterocycles. The zero-order chi connectivity index (χ0) is 26.7. The van der Waals surface area contributed by atoms with E-state index in [9.17, 15) is 14.7 Å². The van der Waals surface area contributed by atoms with E-state index < -0.39 is 17.7 Å². The van der Waals surface area contributed by atoms with E-state index >= 15 is 0 Å². The highest BCUT2D eigenvalue weighted by Gasteiger charge is 2.46. The number of ether oxygens (including phenoxy) is 3. The van der Waals surface area contributed by atoms with Crippen molar-refractivity contribution in [2.75, 3.05) is 14.2 Å². The fourth-order valence-electron chi connectivity index (χ4n) is 4.37. The van der Waals surface area contributed by atoms with Gasteiger partial charge in [-0.05, 0) is 55.8 Å². The van der Waals surface area contributed by atoms with E-state index in [-0.39, 0.29) is 24.0 Å². The lowest BCUT2D eigenvalue weighted by atomic mass is 9.95. The van der Waals surface area contributed by atoms with Gasteiger partial charge in [-0.25, -0.2) is 0 Å². The molecule has 3 aromatic carbocycles. The van der Waals surface area contributed by atoms with Gasteiger partial charge >= 0.3 is 0 Å². The Kier molecular flexibility index (Phi) is 7.74. The molecule has 7 nitrogen and oxygen atoms in total. The fourth-order valence-corrected chi connectivity index (χ4v) is 4.56. The van der Waals surface area contributed by atoms with Gasteiger partial charge in [0.25, 0.3) is 11.7 Å². The molecule has 0 aromatic heterocycles. The Labute approximate surface area is 220 Å². The van der Waals surface area contributed by atoms with Crippen LogP contribution < -0.4 is 14.2 Å². The van der Waals surface area contributed by atoms with Crippen molar-refractivity contribution in [2.45, 2.75) is 32.5 Å². The zero-order valence-electron chi connectivity index (χ0n) is 21.0. The average molecular weight is 522 g/mol. The molecular weight excluding hydrogens is 494 g/mol. The van der Waals surface area contributed by atoms with E-state index in [0.717, 1.165) is 5.56 Å². The van der Waals surface area contributed by atoms with Gasteiger partial charge in [-0.15, -0.1) is 0 Å². The number of carbonyl (C=O) groups excluding carboxylic acids is 2. The molecule has 1 aliphatic heterocycles. The third-order valence-corrected chi connectivity index (χ3v) is 6.38. The molecule has 1 saturated heterocycles. The van der Waals surface area contributed by atoms with Gasteiger partial charge in [0, 0.05) is 11.1 Å². The summed E-state index contributed by atoms with van der Waals surface area (Å²) in [6, 6.07) is 18.3. The highest BCUT2D eigenvalue weighted by Crippen LogP contribution is 2.42. The minimum absolute atomic E-state index is 0.0121. The number of ketones is 1. The number of hydrogen-bond donors (Lipinski definition) is 1. The van der Waals surface area contributed by atoms with Gasteiger partial charge in [0.15, 0.2) is 0 Å². The maximum absolute atomic E-state index is 13.4. The lowest BCUT2D eigenvalue weighted by Gasteiger charge is -2.26. The van der Waals surface area contributed by atoms with Crippen molar-refractivity contribution < 1.29 is 28.9 Å². The number of rotatable bonds is 8. The summed E-state index contributed by atoms with van der Waals surface area (Å²) >= 11 is 6.15. The number of amides is 1. The number of methoxy groups -OCH3 is 2. The summed E-state index contributed by atoms with van der Waals surface area (Å²) in [6.07, 6.45) is -0.0121. The van der Waals surface area contributed by atoms with Crippen molar-refractivity contribution in [1.82, 2.24) is 4.90 Å². The second-order valence-electron chi connectivity index (χ2n) is 8.82. The lowest BCUT2D eigenvalue weighted by Crippen LogP contribution is -2.29. The number of aliphatic hydroxyl groups is 1. The molecule has 0 radical (unpaired) electrons. The Morgan fingerprint density at radius 2 is 1.65 bits per heavy atom. The molecule has 0 saturated carbocycles. The summed E-state index contributed by atoms with van der Waals surface area (Å²) in [4.78, 5) is 28.2. The molecule has 1 aliphatic rings. The number of nitrogens with zero attached hydrogens (tertiary/aromatic N) is 1. The number of para-hydroxylation sites is 1. The molecule has 8 heteroatoms. The number of benzene rings is 3. The third-order valence-electron chi connectivity index (χ3n) is 6.07. The quantitative estimate of drug-likeness (QED) is 0.230. The molecule has 3 aromatic rings. The zero-order valence-corrected chi connectivity index (χ0v) is 21.8. The van der Waals surface area contributed by atoms with Crippen LogP contribution in [-0.4, -0.2) is 42.0 Å². The number of carbonyl (C=O) groups is 2. The maximum atomic E-state index is 13.4. The van der Waals surface area contributed by atoms with Crippen LogP contribution in [0.3, 0.4) is 0 Å². The monoisotopic (exact) mass is 521 g/mol. The van der Waals surface area contributed by atoms with Gasteiger partial charge in [-0.1, -0.05) is 41.9 Å². The predicted molar refractivity (Wildman–Crippen MR) is 141 cm³/mol. The Morgan fingerprint density at radius 1 is 0.973 bits per heavy atom. The Hall–Kier alpha value is -3.97. The second-order valence-corrected chi connectivity index (χ2v) is 9.23. The Bertz CT molecular complexity index is 1350. The number of aliphatic hydroxyl groups excluding tert-OH is 1. The first-order chi connectivity index (χ1) is 17.7. The van der Waals surface area contributed by atoms with Gasteiger partial charge < -0.3 is 24.2 Å². The number of likely N-dealkylation sites (tertiary alicyclic amines) is 1. The average Bonchev–Trinajstić information content (AvgIpc) is 3.14. The Balaban J connectivity index is 1.86. The summed E-state index contributed by atoms with van der Waals surface area (Å²) in [7, 11) is 3.00. The number of halogens is 1. The van der Waals surface area contributed by atoms with Crippen LogP contribution in [0.5, 0.6) is 17.2 Å². The second kappa shape index (κ2) is 11.0. The topological polar surface area (TPSA) is 85.3 Å². The van der Waals surface area contributed by atoms with Crippen LogP contribution in [0.1, 0.15) is 36.6 Å². The van der Waals surface area contributed by atoms with Crippen LogP contribution in [0.15, 0.2) is 72.3 Å². The van der Waals surface area contributed by atoms with Gasteiger partial charge in [0.1, 0.15) is 23.0 Å². The van der Waals surface area contributed by atoms with Crippen molar-refractivity contribution in [3.63, 3.8) is 0 Å². The van der Waals surface area contributed by atoms with Gasteiger partial charge in [0.05, 0.1) is 43.5 Å². The molecule has 1 amide bonds. The summed E-state index contributed by atoms with van der Waals surface area (Å²) in [6.45, 7) is 3.96. The van der Waals surface area contributed by atoms with Crippen molar-refractivity contribution in [1.29, 1.82) is 0 Å². The van der Waals surface area contributed by atoms with E-state index in [1.165, 1.54) is 18.1 Å². The minimum Gasteiger partial charge on any atom is -0.507 e. The van der Waals surface area contributed by atoms with Crippen molar-refractivity contribution in [2.24, 2.45) is 0 Å². The standard InChI is InChI=1S/C29H28ClNO6/c1-17(2)37-21-12-9-18(10-13-21)26-25(27(32)19-11-14-22(30)24(15-19)36-4)28(33)29(34)31(26)16-20-7-5-6-8-23(20)35-3/h5-15,17,26,32H,16H2,1-4H3/b27-25-. The number of hydrogen-bond acceptors (Lipinski definition) is 6. The molecule has 37 heavy (non-hydrogen) atoms. The summed E-state index contributed by atoms with van der Waals surface area (Å²) in [5.74, 6) is -0.243. The molecular formula is C29H28ClNO6. The normalized spacial score (nSPS) is 16.8. The van der Waals surface area contributed by atoms with Crippen LogP contribution in [0.4, 0.5) is 0 Å². The molecule has 192 valence electrons. The smallest absolute Gasteiger partial charge is 0.295 e. The van der Waals surface area contributed by atoms with E-state index in [2.05, 4.69) is 0 Å². The van der Waals surface area contributed by atoms with Crippen molar-refractivity contribution in [3.05, 3.63) is 94.0 Å². The van der Waals surface area contributed by atoms with Gasteiger partial charge in [0.2, 0.25) is 0 Å². The van der Waals surface area contributed by atoms with Gasteiger partial charge in [-0.2, -0.15) is 0 Å². The Morgan fingerprint density at radius 3 is 2.30 bits per heavy atom. The number of Topliss-reactive ketones (excluding diaryl/α,β-unsaturated/α-hetero) is 1. The molecule has 1 atom stereocenters. The largest absolute Gasteiger partial charge is 0.507 e. The predicted octanol–water partition coefficient (Wildman–Crippen LogP) is 5.77. The first kappa shape index (κ1) is 26.1. The van der Waals surface area contributed by atoms with Crippen molar-refractivity contribution in [3.8, 4) is 17.2 Å². The molecule has 0 aliphatic carbocycles. The molecule has 4 rings (SSSR count). The van der Waals surface area contributed by atoms with Crippen LogP contribution in [0.2, 0.25) is 5.02 Å². The van der Waals surface area contributed by atoms with E-state index in [0.29, 0.717) is 33.4 Å². The molecule has 1 N–H and O–H groups in total. The molecule has 1 unspecified atom stereocenters. The van der Waals surface area contributed by atoms with Crippen LogP contribution in [-0.2, 0) is 16.1 Å². The van der Waals surface area contributed by atoms with E-state index in [1.54, 1.807) is 49.6 Å². The van der Waals surface area contributed by atoms with E-state index in [1.807, 2.05) is 32.0 Å². The summed E-state index contributed by atoms with van der Waals surface area (Å²) in [5, 5.41) is 11.7. The summed E-state index contributed by atoms with van der Waals surface area (Å²) in [5.41, 5.74) is 1.65.